The van der Waals surface area contributed by atoms with Crippen LogP contribution in [0.4, 0.5) is 10.1 Å². The first kappa shape index (κ1) is 15.0. The molecular formula is C16H17FN2O2. The minimum Gasteiger partial charge on any atom is -0.490 e. The molecule has 4 nitrogen and oxygen atoms in total. The first-order valence-corrected chi connectivity index (χ1v) is 6.61. The van der Waals surface area contributed by atoms with E-state index in [2.05, 4.69) is 5.32 Å². The van der Waals surface area contributed by atoms with Crippen molar-refractivity contribution in [2.45, 2.75) is 6.92 Å². The van der Waals surface area contributed by atoms with Gasteiger partial charge in [0, 0.05) is 12.1 Å². The molecule has 0 bridgehead atoms. The predicted octanol–water partition coefficient (Wildman–Crippen LogP) is 2.72. The van der Waals surface area contributed by atoms with E-state index < -0.39 is 5.82 Å². The van der Waals surface area contributed by atoms with Crippen molar-refractivity contribution < 1.29 is 13.9 Å². The number of amides is 1. The second kappa shape index (κ2) is 6.85. The molecule has 0 radical (unpaired) electrons. The van der Waals surface area contributed by atoms with Crippen LogP contribution in [0.25, 0.3) is 0 Å². The number of para-hydroxylation sites is 2. The zero-order chi connectivity index (χ0) is 15.2. The lowest BCUT2D eigenvalue weighted by Crippen LogP contribution is -2.16. The quantitative estimate of drug-likeness (QED) is 0.889. The van der Waals surface area contributed by atoms with Crippen molar-refractivity contribution in [1.82, 2.24) is 0 Å². The van der Waals surface area contributed by atoms with Gasteiger partial charge in [-0.1, -0.05) is 18.2 Å². The molecule has 1 amide bonds. The second-order valence-corrected chi connectivity index (χ2v) is 4.55. The fourth-order valence-electron chi connectivity index (χ4n) is 1.89. The van der Waals surface area contributed by atoms with E-state index in [1.165, 1.54) is 12.1 Å². The molecule has 0 unspecified atom stereocenters. The fourth-order valence-corrected chi connectivity index (χ4v) is 1.89. The van der Waals surface area contributed by atoms with Crippen LogP contribution in [-0.4, -0.2) is 19.1 Å². The van der Waals surface area contributed by atoms with Crippen LogP contribution in [-0.2, 0) is 0 Å². The molecule has 5 heteroatoms. The highest BCUT2D eigenvalue weighted by Crippen LogP contribution is 2.24. The van der Waals surface area contributed by atoms with Crippen molar-refractivity contribution in [3.05, 3.63) is 59.4 Å². The van der Waals surface area contributed by atoms with Crippen molar-refractivity contribution >= 4 is 11.6 Å². The number of carbonyl (C=O) groups excluding carboxylic acids is 1. The van der Waals surface area contributed by atoms with E-state index in [4.69, 9.17) is 10.5 Å². The zero-order valence-corrected chi connectivity index (χ0v) is 11.7. The van der Waals surface area contributed by atoms with Crippen LogP contribution in [0.3, 0.4) is 0 Å². The molecule has 0 aliphatic heterocycles. The Labute approximate surface area is 122 Å². The number of anilines is 1. The number of carbonyl (C=O) groups is 1. The highest BCUT2D eigenvalue weighted by atomic mass is 19.1. The number of aryl methyl sites for hydroxylation is 1. The van der Waals surface area contributed by atoms with E-state index in [9.17, 15) is 9.18 Å². The van der Waals surface area contributed by atoms with Gasteiger partial charge in [-0.25, -0.2) is 4.39 Å². The van der Waals surface area contributed by atoms with Gasteiger partial charge in [0.25, 0.3) is 5.91 Å². The summed E-state index contributed by atoms with van der Waals surface area (Å²) in [6.07, 6.45) is 0. The molecule has 0 spiro atoms. The van der Waals surface area contributed by atoms with Crippen molar-refractivity contribution in [2.75, 3.05) is 18.5 Å². The Morgan fingerprint density at radius 2 is 2.05 bits per heavy atom. The Hall–Kier alpha value is -2.40. The summed E-state index contributed by atoms with van der Waals surface area (Å²) >= 11 is 0. The Balaban J connectivity index is 2.21. The highest BCUT2D eigenvalue weighted by molar-refractivity contribution is 6.06. The van der Waals surface area contributed by atoms with E-state index in [0.717, 1.165) is 0 Å². The average molecular weight is 288 g/mol. The van der Waals surface area contributed by atoms with Crippen LogP contribution in [0.1, 0.15) is 15.9 Å². The van der Waals surface area contributed by atoms with Gasteiger partial charge >= 0.3 is 0 Å². The van der Waals surface area contributed by atoms with E-state index in [0.29, 0.717) is 35.7 Å². The van der Waals surface area contributed by atoms with E-state index in [1.807, 2.05) is 0 Å². The summed E-state index contributed by atoms with van der Waals surface area (Å²) in [5.41, 5.74) is 6.93. The smallest absolute Gasteiger partial charge is 0.256 e. The molecule has 0 aliphatic carbocycles. The number of hydrogen-bond donors (Lipinski definition) is 2. The summed E-state index contributed by atoms with van der Waals surface area (Å²) in [4.78, 5) is 12.3. The first-order valence-electron chi connectivity index (χ1n) is 6.61. The van der Waals surface area contributed by atoms with Gasteiger partial charge < -0.3 is 15.8 Å². The second-order valence-electron chi connectivity index (χ2n) is 4.55. The first-order chi connectivity index (χ1) is 10.1. The van der Waals surface area contributed by atoms with Gasteiger partial charge in [0.15, 0.2) is 0 Å². The van der Waals surface area contributed by atoms with Crippen molar-refractivity contribution in [3.63, 3.8) is 0 Å². The molecular weight excluding hydrogens is 271 g/mol. The van der Waals surface area contributed by atoms with Crippen molar-refractivity contribution in [3.8, 4) is 5.75 Å². The van der Waals surface area contributed by atoms with Crippen LogP contribution in [0.15, 0.2) is 42.5 Å². The summed E-state index contributed by atoms with van der Waals surface area (Å²) in [5, 5.41) is 2.73. The van der Waals surface area contributed by atoms with Crippen LogP contribution in [0.5, 0.6) is 5.75 Å². The van der Waals surface area contributed by atoms with Gasteiger partial charge in [-0.2, -0.15) is 0 Å². The third-order valence-corrected chi connectivity index (χ3v) is 2.95. The Bertz CT molecular complexity index is 644. The van der Waals surface area contributed by atoms with Crippen LogP contribution in [0, 0.1) is 12.7 Å². The van der Waals surface area contributed by atoms with Gasteiger partial charge in [-0.3, -0.25) is 4.79 Å². The molecule has 0 aliphatic rings. The number of benzene rings is 2. The lowest BCUT2D eigenvalue weighted by molar-refractivity contribution is 0.102. The normalized spacial score (nSPS) is 10.2. The van der Waals surface area contributed by atoms with Gasteiger partial charge in [-0.15, -0.1) is 0 Å². The monoisotopic (exact) mass is 288 g/mol. The number of nitrogens with one attached hydrogen (secondary N) is 1. The number of halogens is 1. The third-order valence-electron chi connectivity index (χ3n) is 2.95. The zero-order valence-electron chi connectivity index (χ0n) is 11.7. The maximum atomic E-state index is 13.3. The molecule has 2 aromatic rings. The molecule has 0 saturated heterocycles. The van der Waals surface area contributed by atoms with E-state index in [1.54, 1.807) is 37.3 Å². The number of nitrogens with two attached hydrogens (primary N) is 1. The SMILES string of the molecule is Cc1ccc(F)cc1C(=O)Nc1ccccc1OCCN. The van der Waals surface area contributed by atoms with Crippen molar-refractivity contribution in [1.29, 1.82) is 0 Å². The summed E-state index contributed by atoms with van der Waals surface area (Å²) < 4.78 is 18.7. The highest BCUT2D eigenvalue weighted by Gasteiger charge is 2.12. The largest absolute Gasteiger partial charge is 0.490 e. The van der Waals surface area contributed by atoms with E-state index >= 15 is 0 Å². The maximum Gasteiger partial charge on any atom is 0.256 e. The summed E-state index contributed by atoms with van der Waals surface area (Å²) in [7, 11) is 0. The number of rotatable bonds is 5. The molecule has 2 aromatic carbocycles. The molecule has 2 rings (SSSR count). The fraction of sp³-hybridized carbons (Fsp3) is 0.188. The molecule has 0 atom stereocenters. The van der Waals surface area contributed by atoms with Crippen LogP contribution < -0.4 is 15.8 Å². The van der Waals surface area contributed by atoms with Crippen molar-refractivity contribution in [2.24, 2.45) is 5.73 Å². The standard InChI is InChI=1S/C16H17FN2O2/c1-11-6-7-12(17)10-13(11)16(20)19-14-4-2-3-5-15(14)21-9-8-18/h2-7,10H,8-9,18H2,1H3,(H,19,20). The average Bonchev–Trinajstić information content (AvgIpc) is 2.48. The third kappa shape index (κ3) is 3.79. The van der Waals surface area contributed by atoms with E-state index in [-0.39, 0.29) is 5.91 Å². The molecule has 0 heterocycles. The topological polar surface area (TPSA) is 64.3 Å². The minimum absolute atomic E-state index is 0.295. The molecule has 110 valence electrons. The molecule has 0 fully saturated rings. The number of ether oxygens (including phenoxy) is 1. The molecule has 21 heavy (non-hydrogen) atoms. The van der Waals surface area contributed by atoms with Crippen LogP contribution in [0.2, 0.25) is 0 Å². The van der Waals surface area contributed by atoms with Gasteiger partial charge in [0.1, 0.15) is 18.2 Å². The lowest BCUT2D eigenvalue weighted by atomic mass is 10.1. The molecule has 3 N–H and O–H groups in total. The summed E-state index contributed by atoms with van der Waals surface area (Å²) in [5.74, 6) is -0.292. The minimum atomic E-state index is -0.446. The Morgan fingerprint density at radius 1 is 1.29 bits per heavy atom. The summed E-state index contributed by atoms with van der Waals surface area (Å²) in [6, 6.07) is 11.2. The lowest BCUT2D eigenvalue weighted by Gasteiger charge is -2.12. The van der Waals surface area contributed by atoms with Gasteiger partial charge in [0.05, 0.1) is 5.69 Å². The van der Waals surface area contributed by atoms with Gasteiger partial charge in [0.2, 0.25) is 0 Å². The predicted molar refractivity (Wildman–Crippen MR) is 80.1 cm³/mol. The summed E-state index contributed by atoms with van der Waals surface area (Å²) in [6.45, 7) is 2.49. The molecule has 0 saturated carbocycles. The molecule has 0 aromatic heterocycles. The Morgan fingerprint density at radius 3 is 2.81 bits per heavy atom. The number of hydrogen-bond acceptors (Lipinski definition) is 3. The maximum absolute atomic E-state index is 13.3. The Kier molecular flexibility index (Phi) is 4.90. The van der Waals surface area contributed by atoms with Crippen LogP contribution >= 0.6 is 0 Å². The van der Waals surface area contributed by atoms with Gasteiger partial charge in [-0.05, 0) is 36.8 Å².